The molecule has 0 aliphatic carbocycles. The number of pyridine rings is 1. The smallest absolute Gasteiger partial charge is 0.270 e. The summed E-state index contributed by atoms with van der Waals surface area (Å²) in [6.45, 7) is 3.27. The highest BCUT2D eigenvalue weighted by Crippen LogP contribution is 2.18. The fourth-order valence-electron chi connectivity index (χ4n) is 2.04. The van der Waals surface area contributed by atoms with Gasteiger partial charge in [0, 0.05) is 18.4 Å². The van der Waals surface area contributed by atoms with E-state index >= 15 is 0 Å². The highest BCUT2D eigenvalue weighted by atomic mass is 32.1. The second-order valence-electron chi connectivity index (χ2n) is 4.97. The van der Waals surface area contributed by atoms with E-state index in [1.807, 2.05) is 6.92 Å². The SMILES string of the molecule is CC1(NC(=O)c2ccc(C(N)=S)cn2)CCCOC1. The number of hydrogen-bond acceptors (Lipinski definition) is 4. The summed E-state index contributed by atoms with van der Waals surface area (Å²) in [7, 11) is 0. The maximum atomic E-state index is 12.1. The second kappa shape index (κ2) is 5.63. The van der Waals surface area contributed by atoms with Gasteiger partial charge in [-0.2, -0.15) is 0 Å². The normalized spacial score (nSPS) is 22.8. The van der Waals surface area contributed by atoms with Crippen molar-refractivity contribution in [1.29, 1.82) is 0 Å². The van der Waals surface area contributed by atoms with Crippen LogP contribution in [0.4, 0.5) is 0 Å². The topological polar surface area (TPSA) is 77.2 Å². The van der Waals surface area contributed by atoms with Crippen molar-refractivity contribution < 1.29 is 9.53 Å². The molecular formula is C13H17N3O2S. The van der Waals surface area contributed by atoms with Crippen molar-refractivity contribution in [2.24, 2.45) is 5.73 Å². The zero-order valence-electron chi connectivity index (χ0n) is 10.8. The van der Waals surface area contributed by atoms with Crippen molar-refractivity contribution in [2.75, 3.05) is 13.2 Å². The number of thiocarbonyl (C=S) groups is 1. The summed E-state index contributed by atoms with van der Waals surface area (Å²) in [4.78, 5) is 16.5. The summed E-state index contributed by atoms with van der Waals surface area (Å²) in [5.41, 5.74) is 6.17. The minimum absolute atomic E-state index is 0.206. The van der Waals surface area contributed by atoms with Gasteiger partial charge in [-0.3, -0.25) is 9.78 Å². The van der Waals surface area contributed by atoms with Crippen LogP contribution >= 0.6 is 12.2 Å². The first-order chi connectivity index (χ1) is 9.00. The van der Waals surface area contributed by atoms with E-state index < -0.39 is 0 Å². The van der Waals surface area contributed by atoms with Gasteiger partial charge in [0.15, 0.2) is 0 Å². The van der Waals surface area contributed by atoms with E-state index in [1.54, 1.807) is 12.1 Å². The largest absolute Gasteiger partial charge is 0.389 e. The molecule has 1 aromatic rings. The van der Waals surface area contributed by atoms with Crippen molar-refractivity contribution in [3.63, 3.8) is 0 Å². The average molecular weight is 279 g/mol. The van der Waals surface area contributed by atoms with Crippen molar-refractivity contribution in [2.45, 2.75) is 25.3 Å². The molecule has 2 rings (SSSR count). The van der Waals surface area contributed by atoms with E-state index in [4.69, 9.17) is 22.7 Å². The van der Waals surface area contributed by atoms with Gasteiger partial charge < -0.3 is 15.8 Å². The first kappa shape index (κ1) is 13.9. The molecule has 1 aliphatic heterocycles. The van der Waals surface area contributed by atoms with Gasteiger partial charge >= 0.3 is 0 Å². The number of amides is 1. The Bertz CT molecular complexity index is 481. The zero-order valence-corrected chi connectivity index (χ0v) is 11.6. The van der Waals surface area contributed by atoms with E-state index in [1.165, 1.54) is 6.20 Å². The molecule has 1 unspecified atom stereocenters. The van der Waals surface area contributed by atoms with Crippen LogP contribution in [-0.2, 0) is 4.74 Å². The average Bonchev–Trinajstić information content (AvgIpc) is 2.39. The summed E-state index contributed by atoms with van der Waals surface area (Å²) in [5, 5.41) is 2.97. The molecule has 1 fully saturated rings. The molecule has 3 N–H and O–H groups in total. The van der Waals surface area contributed by atoms with E-state index in [9.17, 15) is 4.79 Å². The van der Waals surface area contributed by atoms with Crippen LogP contribution in [0, 0.1) is 0 Å². The molecule has 0 aromatic carbocycles. The lowest BCUT2D eigenvalue weighted by Gasteiger charge is -2.34. The molecule has 1 atom stereocenters. The maximum absolute atomic E-state index is 12.1. The van der Waals surface area contributed by atoms with Crippen molar-refractivity contribution in [3.8, 4) is 0 Å². The van der Waals surface area contributed by atoms with Gasteiger partial charge in [0.25, 0.3) is 5.91 Å². The Kier molecular flexibility index (Phi) is 4.11. The summed E-state index contributed by atoms with van der Waals surface area (Å²) in [6.07, 6.45) is 3.37. The summed E-state index contributed by atoms with van der Waals surface area (Å²) >= 11 is 4.84. The van der Waals surface area contributed by atoms with Gasteiger partial charge in [0.1, 0.15) is 10.7 Å². The highest BCUT2D eigenvalue weighted by Gasteiger charge is 2.29. The molecule has 102 valence electrons. The molecule has 0 spiro atoms. The van der Waals surface area contributed by atoms with Crippen LogP contribution in [0.15, 0.2) is 18.3 Å². The van der Waals surface area contributed by atoms with Crippen LogP contribution in [0.3, 0.4) is 0 Å². The van der Waals surface area contributed by atoms with Crippen LogP contribution in [0.1, 0.15) is 35.8 Å². The number of nitrogens with zero attached hydrogens (tertiary/aromatic N) is 1. The predicted octanol–water partition coefficient (Wildman–Crippen LogP) is 1.01. The van der Waals surface area contributed by atoms with Crippen molar-refractivity contribution in [1.82, 2.24) is 10.3 Å². The Labute approximate surface area is 117 Å². The molecule has 1 aromatic heterocycles. The second-order valence-corrected chi connectivity index (χ2v) is 5.41. The number of aromatic nitrogens is 1. The first-order valence-electron chi connectivity index (χ1n) is 6.16. The van der Waals surface area contributed by atoms with Gasteiger partial charge in [0.2, 0.25) is 0 Å². The summed E-state index contributed by atoms with van der Waals surface area (Å²) < 4.78 is 5.40. The first-order valence-corrected chi connectivity index (χ1v) is 6.57. The highest BCUT2D eigenvalue weighted by molar-refractivity contribution is 7.80. The Balaban J connectivity index is 2.05. The van der Waals surface area contributed by atoms with Crippen LogP contribution in [-0.4, -0.2) is 34.6 Å². The van der Waals surface area contributed by atoms with Crippen molar-refractivity contribution in [3.05, 3.63) is 29.6 Å². The molecule has 1 aliphatic rings. The molecule has 0 saturated carbocycles. The standard InChI is InChI=1S/C13H17N3O2S/c1-13(5-2-6-18-8-13)16-12(17)10-4-3-9(7-15-10)11(14)19/h3-4,7H,2,5-6,8H2,1H3,(H2,14,19)(H,16,17). The Morgan fingerprint density at radius 3 is 2.89 bits per heavy atom. The van der Waals surface area contributed by atoms with Crippen LogP contribution in [0.25, 0.3) is 0 Å². The number of carbonyl (C=O) groups is 1. The molecule has 2 heterocycles. The Morgan fingerprint density at radius 2 is 2.37 bits per heavy atom. The monoisotopic (exact) mass is 279 g/mol. The minimum atomic E-state index is -0.321. The molecule has 5 nitrogen and oxygen atoms in total. The number of nitrogens with one attached hydrogen (secondary N) is 1. The van der Waals surface area contributed by atoms with Crippen LogP contribution in [0.5, 0.6) is 0 Å². The fourth-order valence-corrected chi connectivity index (χ4v) is 2.17. The lowest BCUT2D eigenvalue weighted by Crippen LogP contribution is -2.51. The van der Waals surface area contributed by atoms with Crippen LogP contribution in [0.2, 0.25) is 0 Å². The third-order valence-corrected chi connectivity index (χ3v) is 3.37. The van der Waals surface area contributed by atoms with E-state index in [-0.39, 0.29) is 16.4 Å². The lowest BCUT2D eigenvalue weighted by molar-refractivity contribution is 0.0271. The number of nitrogens with two attached hydrogens (primary N) is 1. The number of hydrogen-bond donors (Lipinski definition) is 2. The Hall–Kier alpha value is -1.53. The summed E-state index contributed by atoms with van der Waals surface area (Å²) in [6, 6.07) is 3.32. The minimum Gasteiger partial charge on any atom is -0.389 e. The van der Waals surface area contributed by atoms with E-state index in [0.717, 1.165) is 19.4 Å². The summed E-state index contributed by atoms with van der Waals surface area (Å²) in [5.74, 6) is -0.206. The quantitative estimate of drug-likeness (QED) is 0.808. The predicted molar refractivity (Wildman–Crippen MR) is 76.0 cm³/mol. The van der Waals surface area contributed by atoms with E-state index in [2.05, 4.69) is 10.3 Å². The molecule has 0 bridgehead atoms. The van der Waals surface area contributed by atoms with E-state index in [0.29, 0.717) is 17.9 Å². The maximum Gasteiger partial charge on any atom is 0.270 e. The van der Waals surface area contributed by atoms with Gasteiger partial charge in [-0.25, -0.2) is 0 Å². The molecule has 1 amide bonds. The van der Waals surface area contributed by atoms with Crippen LogP contribution < -0.4 is 11.1 Å². The Morgan fingerprint density at radius 1 is 1.58 bits per heavy atom. The van der Waals surface area contributed by atoms with Gasteiger partial charge in [-0.1, -0.05) is 12.2 Å². The zero-order chi connectivity index (χ0) is 13.9. The third-order valence-electron chi connectivity index (χ3n) is 3.13. The van der Waals surface area contributed by atoms with Gasteiger partial charge in [-0.05, 0) is 31.9 Å². The fraction of sp³-hybridized carbons (Fsp3) is 0.462. The molecule has 19 heavy (non-hydrogen) atoms. The molecule has 0 radical (unpaired) electrons. The van der Waals surface area contributed by atoms with Gasteiger partial charge in [-0.15, -0.1) is 0 Å². The molecular weight excluding hydrogens is 262 g/mol. The molecule has 1 saturated heterocycles. The number of ether oxygens (including phenoxy) is 1. The van der Waals surface area contributed by atoms with Crippen molar-refractivity contribution >= 4 is 23.1 Å². The van der Waals surface area contributed by atoms with Gasteiger partial charge in [0.05, 0.1) is 12.1 Å². The third kappa shape index (κ3) is 3.48. The number of carbonyl (C=O) groups excluding carboxylic acids is 1. The molecule has 6 heteroatoms. The lowest BCUT2D eigenvalue weighted by atomic mass is 9.94. The number of rotatable bonds is 3.